The number of hydrogen-bond donors (Lipinski definition) is 0. The Morgan fingerprint density at radius 3 is 2.81 bits per heavy atom. The molecule has 5 heteroatoms. The van der Waals surface area contributed by atoms with Crippen molar-refractivity contribution in [2.75, 3.05) is 0 Å². The lowest BCUT2D eigenvalue weighted by molar-refractivity contribution is 0.399. The van der Waals surface area contributed by atoms with Gasteiger partial charge in [0.15, 0.2) is 5.65 Å². The first-order valence-electron chi connectivity index (χ1n) is 7.66. The summed E-state index contributed by atoms with van der Waals surface area (Å²) in [5, 5.41) is 10.2. The van der Waals surface area contributed by atoms with Gasteiger partial charge in [0.2, 0.25) is 0 Å². The third kappa shape index (κ3) is 2.14. The molecular weight excluding hydrogens is 280 g/mol. The Bertz CT molecular complexity index is 822. The molecule has 3 aromatic rings. The van der Waals surface area contributed by atoms with Gasteiger partial charge in [0.05, 0.1) is 5.39 Å². The summed E-state index contributed by atoms with van der Waals surface area (Å²) < 4.78 is 2.09. The summed E-state index contributed by atoms with van der Waals surface area (Å²) in [6, 6.07) is 0. The summed E-state index contributed by atoms with van der Waals surface area (Å²) in [7, 11) is 0. The zero-order chi connectivity index (χ0) is 14.6. The van der Waals surface area contributed by atoms with Crippen LogP contribution in [-0.2, 0) is 19.3 Å². The molecule has 0 fully saturated rings. The lowest BCUT2D eigenvalue weighted by atomic mass is 9.92. The molecule has 0 radical (unpaired) electrons. The summed E-state index contributed by atoms with van der Waals surface area (Å²) in [6.07, 6.45) is 7.76. The van der Waals surface area contributed by atoms with Gasteiger partial charge >= 0.3 is 0 Å². The topological polar surface area (TPSA) is 43.1 Å². The van der Waals surface area contributed by atoms with Crippen molar-refractivity contribution in [2.45, 2.75) is 52.9 Å². The van der Waals surface area contributed by atoms with Crippen LogP contribution >= 0.6 is 11.3 Å². The molecule has 0 N–H and O–H groups in total. The highest BCUT2D eigenvalue weighted by molar-refractivity contribution is 7.19. The van der Waals surface area contributed by atoms with Crippen LogP contribution < -0.4 is 0 Å². The first-order valence-corrected chi connectivity index (χ1v) is 8.47. The van der Waals surface area contributed by atoms with Crippen LogP contribution in [0.3, 0.4) is 0 Å². The quantitative estimate of drug-likeness (QED) is 0.686. The van der Waals surface area contributed by atoms with E-state index in [4.69, 9.17) is 0 Å². The number of thiophene rings is 1. The zero-order valence-electron chi connectivity index (χ0n) is 12.8. The van der Waals surface area contributed by atoms with Crippen molar-refractivity contribution in [1.29, 1.82) is 0 Å². The molecule has 0 saturated carbocycles. The molecule has 1 aliphatic rings. The Kier molecular flexibility index (Phi) is 2.83. The lowest BCUT2D eigenvalue weighted by Gasteiger charge is -2.16. The van der Waals surface area contributed by atoms with Crippen molar-refractivity contribution in [3.8, 4) is 0 Å². The van der Waals surface area contributed by atoms with Crippen molar-refractivity contribution in [3.63, 3.8) is 0 Å². The van der Waals surface area contributed by atoms with Crippen molar-refractivity contribution >= 4 is 27.2 Å². The number of aryl methyl sites for hydroxylation is 2. The molecule has 110 valence electrons. The van der Waals surface area contributed by atoms with Gasteiger partial charge in [-0.3, -0.25) is 4.40 Å². The summed E-state index contributed by atoms with van der Waals surface area (Å²) in [5.74, 6) is 1.02. The van der Waals surface area contributed by atoms with Gasteiger partial charge in [0, 0.05) is 11.3 Å². The monoisotopic (exact) mass is 300 g/mol. The second-order valence-corrected chi connectivity index (χ2v) is 8.27. The van der Waals surface area contributed by atoms with Gasteiger partial charge in [-0.15, -0.1) is 21.5 Å². The second-order valence-electron chi connectivity index (χ2n) is 7.18. The number of aromatic nitrogens is 4. The fraction of sp³-hybridized carbons (Fsp3) is 0.562. The highest BCUT2D eigenvalue weighted by atomic mass is 32.1. The first kappa shape index (κ1) is 13.2. The van der Waals surface area contributed by atoms with E-state index >= 15 is 0 Å². The average molecular weight is 300 g/mol. The van der Waals surface area contributed by atoms with Crippen LogP contribution in [-0.4, -0.2) is 19.6 Å². The van der Waals surface area contributed by atoms with E-state index in [0.29, 0.717) is 0 Å². The summed E-state index contributed by atoms with van der Waals surface area (Å²) in [4.78, 5) is 7.32. The van der Waals surface area contributed by atoms with Gasteiger partial charge in [-0.25, -0.2) is 4.98 Å². The van der Waals surface area contributed by atoms with Crippen LogP contribution in [0.25, 0.3) is 15.9 Å². The van der Waals surface area contributed by atoms with Crippen LogP contribution in [0.2, 0.25) is 0 Å². The van der Waals surface area contributed by atoms with Crippen LogP contribution in [0.15, 0.2) is 6.33 Å². The standard InChI is InChI=1S/C16H20N4S/c1-16(2,3)8-12-18-19-14-13-10-6-4-5-7-11(10)21-15(13)17-9-20(12)14/h9H,4-8H2,1-3H3. The van der Waals surface area contributed by atoms with Crippen molar-refractivity contribution < 1.29 is 0 Å². The first-order chi connectivity index (χ1) is 10.0. The molecule has 4 nitrogen and oxygen atoms in total. The Labute approximate surface area is 128 Å². The molecule has 0 aliphatic heterocycles. The zero-order valence-corrected chi connectivity index (χ0v) is 13.6. The van der Waals surface area contributed by atoms with Gasteiger partial charge in [0.25, 0.3) is 0 Å². The van der Waals surface area contributed by atoms with Crippen LogP contribution in [0.5, 0.6) is 0 Å². The predicted molar refractivity (Wildman–Crippen MR) is 86.0 cm³/mol. The number of rotatable bonds is 1. The van der Waals surface area contributed by atoms with Gasteiger partial charge in [-0.05, 0) is 36.7 Å². The van der Waals surface area contributed by atoms with E-state index in [1.807, 2.05) is 17.7 Å². The number of nitrogens with zero attached hydrogens (tertiary/aromatic N) is 4. The molecule has 4 rings (SSSR count). The van der Waals surface area contributed by atoms with Gasteiger partial charge in [-0.1, -0.05) is 20.8 Å². The molecule has 0 bridgehead atoms. The Morgan fingerprint density at radius 1 is 1.19 bits per heavy atom. The normalized spacial score (nSPS) is 15.8. The number of fused-ring (bicyclic) bond motifs is 5. The van der Waals surface area contributed by atoms with Gasteiger partial charge in [0.1, 0.15) is 17.0 Å². The second kappa shape index (κ2) is 4.50. The van der Waals surface area contributed by atoms with Crippen LogP contribution in [0, 0.1) is 5.41 Å². The summed E-state index contributed by atoms with van der Waals surface area (Å²) in [6.45, 7) is 6.69. The van der Waals surface area contributed by atoms with Crippen LogP contribution in [0.1, 0.15) is 49.9 Å². The van der Waals surface area contributed by atoms with Crippen molar-refractivity contribution in [1.82, 2.24) is 19.6 Å². The highest BCUT2D eigenvalue weighted by Crippen LogP contribution is 2.37. The minimum absolute atomic E-state index is 0.200. The van der Waals surface area contributed by atoms with Crippen molar-refractivity contribution in [3.05, 3.63) is 22.6 Å². The molecule has 0 unspecified atom stereocenters. The molecule has 3 aromatic heterocycles. The van der Waals surface area contributed by atoms with E-state index in [1.165, 1.54) is 35.1 Å². The maximum absolute atomic E-state index is 4.68. The maximum Gasteiger partial charge on any atom is 0.172 e. The Morgan fingerprint density at radius 2 is 2.00 bits per heavy atom. The fourth-order valence-corrected chi connectivity index (χ4v) is 4.42. The molecule has 0 aromatic carbocycles. The SMILES string of the molecule is CC(C)(C)Cc1nnc2c3c4c(sc3ncn12)CCCC4. The smallest absolute Gasteiger partial charge is 0.172 e. The average Bonchev–Trinajstić information content (AvgIpc) is 2.97. The van der Waals surface area contributed by atoms with Crippen molar-refractivity contribution in [2.24, 2.45) is 5.41 Å². The van der Waals surface area contributed by atoms with E-state index < -0.39 is 0 Å². The molecule has 0 atom stereocenters. The third-order valence-corrected chi connectivity index (χ3v) is 5.32. The van der Waals surface area contributed by atoms with E-state index in [9.17, 15) is 0 Å². The summed E-state index contributed by atoms with van der Waals surface area (Å²) in [5.41, 5.74) is 2.68. The molecule has 21 heavy (non-hydrogen) atoms. The minimum atomic E-state index is 0.200. The number of hydrogen-bond acceptors (Lipinski definition) is 4. The fourth-order valence-electron chi connectivity index (χ4n) is 3.19. The molecule has 0 spiro atoms. The summed E-state index contributed by atoms with van der Waals surface area (Å²) >= 11 is 1.84. The maximum atomic E-state index is 4.68. The predicted octanol–water partition coefficient (Wildman–Crippen LogP) is 3.81. The molecule has 0 amide bonds. The molecule has 0 saturated heterocycles. The van der Waals surface area contributed by atoms with Crippen LogP contribution in [0.4, 0.5) is 0 Å². The Balaban J connectivity index is 1.96. The Hall–Kier alpha value is -1.49. The lowest BCUT2D eigenvalue weighted by Crippen LogP contribution is -2.12. The molecular formula is C16H20N4S. The van der Waals surface area contributed by atoms with Gasteiger partial charge in [-0.2, -0.15) is 0 Å². The molecule has 3 heterocycles. The largest absolute Gasteiger partial charge is 0.269 e. The third-order valence-electron chi connectivity index (χ3n) is 4.12. The van der Waals surface area contributed by atoms with E-state index in [2.05, 4.69) is 40.4 Å². The van der Waals surface area contributed by atoms with E-state index in [-0.39, 0.29) is 5.41 Å². The van der Waals surface area contributed by atoms with Gasteiger partial charge < -0.3 is 0 Å². The minimum Gasteiger partial charge on any atom is -0.269 e. The van der Waals surface area contributed by atoms with E-state index in [1.54, 1.807) is 0 Å². The molecule has 1 aliphatic carbocycles. The highest BCUT2D eigenvalue weighted by Gasteiger charge is 2.22. The van der Waals surface area contributed by atoms with E-state index in [0.717, 1.165) is 29.1 Å².